The molecule has 0 bridgehead atoms. The van der Waals surface area contributed by atoms with Gasteiger partial charge in [-0.05, 0) is 35.9 Å². The molecule has 158 valence electrons. The molecule has 0 amide bonds. The van der Waals surface area contributed by atoms with Crippen molar-refractivity contribution in [3.8, 4) is 22.9 Å². The molecule has 1 aromatic heterocycles. The maximum absolute atomic E-state index is 12.4. The Morgan fingerprint density at radius 1 is 1.07 bits per heavy atom. The molecule has 0 atom stereocenters. The number of rotatable bonds is 9. The molecule has 10 heteroatoms. The number of carbonyl (C=O) groups excluding carboxylic acids is 1. The molecule has 30 heavy (non-hydrogen) atoms. The first-order chi connectivity index (χ1) is 14.5. The van der Waals surface area contributed by atoms with Crippen LogP contribution in [-0.4, -0.2) is 36.9 Å². The first kappa shape index (κ1) is 21.2. The van der Waals surface area contributed by atoms with Crippen molar-refractivity contribution in [2.75, 3.05) is 14.2 Å². The number of benzene rings is 2. The predicted octanol–water partition coefficient (Wildman–Crippen LogP) is 3.85. The summed E-state index contributed by atoms with van der Waals surface area (Å²) in [5.74, 6) is -0.338. The summed E-state index contributed by atoms with van der Waals surface area (Å²) in [4.78, 5) is 16.3. The van der Waals surface area contributed by atoms with Gasteiger partial charge in [-0.2, -0.15) is 13.8 Å². The Bertz CT molecular complexity index is 991. The van der Waals surface area contributed by atoms with Crippen LogP contribution in [0.5, 0.6) is 11.5 Å². The van der Waals surface area contributed by atoms with E-state index in [0.717, 1.165) is 5.56 Å². The quantitative estimate of drug-likeness (QED) is 0.482. The molecule has 0 aliphatic carbocycles. The largest absolute Gasteiger partial charge is 0.493 e. The zero-order valence-electron chi connectivity index (χ0n) is 16.1. The Balaban J connectivity index is 1.64. The van der Waals surface area contributed by atoms with Crippen molar-refractivity contribution in [3.63, 3.8) is 0 Å². The normalized spacial score (nSPS) is 10.8. The first-order valence-corrected chi connectivity index (χ1v) is 8.71. The maximum Gasteiger partial charge on any atom is 0.387 e. The SMILES string of the molecule is COCc1ccc(C(=O)OCc2nc(-c3ccc(OC(F)F)c(OC)c3)no2)cc1. The highest BCUT2D eigenvalue weighted by Crippen LogP contribution is 2.32. The van der Waals surface area contributed by atoms with E-state index in [1.54, 1.807) is 31.4 Å². The molecule has 3 aromatic rings. The van der Waals surface area contributed by atoms with Gasteiger partial charge in [-0.3, -0.25) is 0 Å². The fourth-order valence-corrected chi connectivity index (χ4v) is 2.55. The van der Waals surface area contributed by atoms with Crippen LogP contribution >= 0.6 is 0 Å². The summed E-state index contributed by atoms with van der Waals surface area (Å²) in [6.45, 7) is -2.76. The highest BCUT2D eigenvalue weighted by molar-refractivity contribution is 5.89. The van der Waals surface area contributed by atoms with Crippen LogP contribution in [0.3, 0.4) is 0 Å². The number of alkyl halides is 2. The van der Waals surface area contributed by atoms with Crippen LogP contribution in [0.25, 0.3) is 11.4 Å². The van der Waals surface area contributed by atoms with Crippen LogP contribution in [0.2, 0.25) is 0 Å². The average Bonchev–Trinajstić information content (AvgIpc) is 3.22. The van der Waals surface area contributed by atoms with Crippen molar-refractivity contribution in [2.24, 2.45) is 0 Å². The van der Waals surface area contributed by atoms with Gasteiger partial charge in [0.2, 0.25) is 5.82 Å². The van der Waals surface area contributed by atoms with Crippen LogP contribution in [0.4, 0.5) is 8.78 Å². The number of hydrogen-bond acceptors (Lipinski definition) is 8. The highest BCUT2D eigenvalue weighted by Gasteiger charge is 2.16. The van der Waals surface area contributed by atoms with Crippen LogP contribution in [0, 0.1) is 0 Å². The third-order valence-corrected chi connectivity index (χ3v) is 3.93. The molecule has 8 nitrogen and oxygen atoms in total. The molecule has 0 unspecified atom stereocenters. The second-order valence-corrected chi connectivity index (χ2v) is 5.96. The van der Waals surface area contributed by atoms with Crippen molar-refractivity contribution in [3.05, 3.63) is 59.5 Å². The van der Waals surface area contributed by atoms with Crippen LogP contribution in [0.1, 0.15) is 21.8 Å². The van der Waals surface area contributed by atoms with E-state index < -0.39 is 12.6 Å². The van der Waals surface area contributed by atoms with Crippen LogP contribution in [-0.2, 0) is 22.7 Å². The molecule has 0 radical (unpaired) electrons. The Kier molecular flexibility index (Phi) is 6.91. The van der Waals surface area contributed by atoms with Gasteiger partial charge in [-0.15, -0.1) is 0 Å². The molecule has 0 aliphatic rings. The summed E-state index contributed by atoms with van der Waals surface area (Å²) >= 11 is 0. The smallest absolute Gasteiger partial charge is 0.387 e. The standard InChI is InChI=1S/C20H18F2N2O6/c1-26-10-12-3-5-13(6-4-12)19(25)28-11-17-23-18(24-30-17)14-7-8-15(29-20(21)22)16(9-14)27-2/h3-9,20H,10-11H2,1-2H3. The van der Waals surface area contributed by atoms with Gasteiger partial charge in [0.05, 0.1) is 19.3 Å². The van der Waals surface area contributed by atoms with E-state index in [1.165, 1.54) is 25.3 Å². The highest BCUT2D eigenvalue weighted by atomic mass is 19.3. The van der Waals surface area contributed by atoms with Crippen LogP contribution in [0.15, 0.2) is 47.0 Å². The Morgan fingerprint density at radius 2 is 1.83 bits per heavy atom. The van der Waals surface area contributed by atoms with Gasteiger partial charge in [0.25, 0.3) is 5.89 Å². The molecule has 3 rings (SSSR count). The molecule has 0 spiro atoms. The summed E-state index contributed by atoms with van der Waals surface area (Å²) in [6, 6.07) is 11.0. The van der Waals surface area contributed by atoms with Crippen LogP contribution < -0.4 is 9.47 Å². The zero-order chi connectivity index (χ0) is 21.5. The van der Waals surface area contributed by atoms with E-state index in [1.807, 2.05) is 0 Å². The second-order valence-electron chi connectivity index (χ2n) is 5.96. The molecule has 0 fully saturated rings. The lowest BCUT2D eigenvalue weighted by molar-refractivity contribution is -0.0512. The number of halogens is 2. The van der Waals surface area contributed by atoms with E-state index in [-0.39, 0.29) is 29.8 Å². The summed E-state index contributed by atoms with van der Waals surface area (Å²) in [6.07, 6.45) is 0. The fourth-order valence-electron chi connectivity index (χ4n) is 2.55. The topological polar surface area (TPSA) is 92.9 Å². The number of ether oxygens (including phenoxy) is 4. The van der Waals surface area contributed by atoms with Gasteiger partial charge >= 0.3 is 12.6 Å². The van der Waals surface area contributed by atoms with Gasteiger partial charge < -0.3 is 23.5 Å². The fraction of sp³-hybridized carbons (Fsp3) is 0.250. The lowest BCUT2D eigenvalue weighted by Gasteiger charge is -2.10. The number of hydrogen-bond donors (Lipinski definition) is 0. The average molecular weight is 420 g/mol. The van der Waals surface area contributed by atoms with E-state index in [4.69, 9.17) is 18.7 Å². The molecule has 0 saturated heterocycles. The lowest BCUT2D eigenvalue weighted by atomic mass is 10.1. The molecule has 2 aromatic carbocycles. The minimum absolute atomic E-state index is 0.0706. The molecular weight excluding hydrogens is 402 g/mol. The third-order valence-electron chi connectivity index (χ3n) is 3.93. The monoisotopic (exact) mass is 420 g/mol. The summed E-state index contributed by atoms with van der Waals surface area (Å²) in [5, 5.41) is 3.80. The van der Waals surface area contributed by atoms with E-state index in [0.29, 0.717) is 17.7 Å². The van der Waals surface area contributed by atoms with Crippen molar-refractivity contribution >= 4 is 5.97 Å². The summed E-state index contributed by atoms with van der Waals surface area (Å²) < 4.78 is 49.5. The minimum atomic E-state index is -2.98. The lowest BCUT2D eigenvalue weighted by Crippen LogP contribution is -2.05. The van der Waals surface area contributed by atoms with Crippen molar-refractivity contribution < 1.29 is 37.0 Å². The van der Waals surface area contributed by atoms with Crippen molar-refractivity contribution in [2.45, 2.75) is 19.8 Å². The first-order valence-electron chi connectivity index (χ1n) is 8.71. The van der Waals surface area contributed by atoms with E-state index in [9.17, 15) is 13.6 Å². The number of esters is 1. The Morgan fingerprint density at radius 3 is 2.50 bits per heavy atom. The van der Waals surface area contributed by atoms with Gasteiger partial charge in [0.15, 0.2) is 18.1 Å². The van der Waals surface area contributed by atoms with Crippen molar-refractivity contribution in [1.82, 2.24) is 10.1 Å². The number of nitrogens with zero attached hydrogens (tertiary/aromatic N) is 2. The molecular formula is C20H18F2N2O6. The predicted molar refractivity (Wildman–Crippen MR) is 99.2 cm³/mol. The maximum atomic E-state index is 12.4. The van der Waals surface area contributed by atoms with Gasteiger partial charge in [-0.25, -0.2) is 4.79 Å². The number of aromatic nitrogens is 2. The minimum Gasteiger partial charge on any atom is -0.493 e. The van der Waals surface area contributed by atoms with Gasteiger partial charge in [0, 0.05) is 12.7 Å². The molecule has 0 N–H and O–H groups in total. The van der Waals surface area contributed by atoms with E-state index >= 15 is 0 Å². The third kappa shape index (κ3) is 5.29. The van der Waals surface area contributed by atoms with Crippen molar-refractivity contribution in [1.29, 1.82) is 0 Å². The molecule has 0 saturated carbocycles. The summed E-state index contributed by atoms with van der Waals surface area (Å²) in [5.41, 5.74) is 1.74. The molecule has 0 aliphatic heterocycles. The van der Waals surface area contributed by atoms with E-state index in [2.05, 4.69) is 14.9 Å². The summed E-state index contributed by atoms with van der Waals surface area (Å²) in [7, 11) is 2.91. The number of carbonyl (C=O) groups is 1. The Labute approximate surface area is 170 Å². The number of methoxy groups -OCH3 is 2. The second kappa shape index (κ2) is 9.79. The van der Waals surface area contributed by atoms with Gasteiger partial charge in [-0.1, -0.05) is 17.3 Å². The Hall–Kier alpha value is -3.53. The van der Waals surface area contributed by atoms with Gasteiger partial charge in [0.1, 0.15) is 0 Å². The zero-order valence-corrected chi connectivity index (χ0v) is 16.1. The molecule has 1 heterocycles.